The summed E-state index contributed by atoms with van der Waals surface area (Å²) in [6.45, 7) is -0.199. The van der Waals surface area contributed by atoms with Crippen molar-refractivity contribution in [1.29, 1.82) is 5.41 Å². The van der Waals surface area contributed by atoms with Gasteiger partial charge in [-0.05, 0) is 53.6 Å². The van der Waals surface area contributed by atoms with Crippen LogP contribution in [-0.2, 0) is 13.0 Å². The van der Waals surface area contributed by atoms with Gasteiger partial charge in [-0.15, -0.1) is 0 Å². The molecule has 2 aromatic carbocycles. The van der Waals surface area contributed by atoms with Gasteiger partial charge in [0.05, 0.1) is 24.4 Å². The topological polar surface area (TPSA) is 114 Å². The molecule has 0 aliphatic heterocycles. The number of hydrogen-bond acceptors (Lipinski definition) is 5. The number of nitrogens with zero attached hydrogens (tertiary/aromatic N) is 2. The lowest BCUT2D eigenvalue weighted by Gasteiger charge is -2.11. The summed E-state index contributed by atoms with van der Waals surface area (Å²) in [7, 11) is 0. The van der Waals surface area contributed by atoms with Crippen LogP contribution >= 0.6 is 11.6 Å². The molecule has 0 fully saturated rings. The fourth-order valence-electron chi connectivity index (χ4n) is 3.74. The van der Waals surface area contributed by atoms with Gasteiger partial charge in [0.15, 0.2) is 0 Å². The Labute approximate surface area is 216 Å². The summed E-state index contributed by atoms with van der Waals surface area (Å²) in [5.41, 5.74) is 7.24. The SMILES string of the molecule is N=C(CNC(=O)c1cncc(Cc2cc(F)c(Cn3ccccc3=O)cc2F)c1)c1cc(Cl)ccc1N. The van der Waals surface area contributed by atoms with E-state index < -0.39 is 17.5 Å². The van der Waals surface area contributed by atoms with Crippen molar-refractivity contribution in [2.45, 2.75) is 13.0 Å². The van der Waals surface area contributed by atoms with Crippen molar-refractivity contribution in [1.82, 2.24) is 14.9 Å². The maximum Gasteiger partial charge on any atom is 0.253 e. The van der Waals surface area contributed by atoms with Gasteiger partial charge in [0.25, 0.3) is 11.5 Å². The average Bonchev–Trinajstić information content (AvgIpc) is 2.88. The Kier molecular flexibility index (Phi) is 7.74. The summed E-state index contributed by atoms with van der Waals surface area (Å²) >= 11 is 5.96. The van der Waals surface area contributed by atoms with Crippen molar-refractivity contribution in [3.8, 4) is 0 Å². The van der Waals surface area contributed by atoms with E-state index in [1.807, 2.05) is 0 Å². The molecule has 4 N–H and O–H groups in total. The van der Waals surface area contributed by atoms with Gasteiger partial charge in [-0.2, -0.15) is 0 Å². The number of rotatable bonds is 8. The number of halogens is 3. The Bertz CT molecular complexity index is 1550. The molecule has 0 radical (unpaired) electrons. The van der Waals surface area contributed by atoms with Crippen molar-refractivity contribution >= 4 is 28.9 Å². The highest BCUT2D eigenvalue weighted by Crippen LogP contribution is 2.20. The molecule has 0 saturated heterocycles. The number of amides is 1. The van der Waals surface area contributed by atoms with Gasteiger partial charge >= 0.3 is 0 Å². The third-order valence-electron chi connectivity index (χ3n) is 5.67. The smallest absolute Gasteiger partial charge is 0.253 e. The normalized spacial score (nSPS) is 10.8. The molecule has 7 nitrogen and oxygen atoms in total. The van der Waals surface area contributed by atoms with Crippen LogP contribution in [0.1, 0.15) is 32.6 Å². The second-order valence-electron chi connectivity index (χ2n) is 8.35. The van der Waals surface area contributed by atoms with Crippen LogP contribution in [0, 0.1) is 17.0 Å². The van der Waals surface area contributed by atoms with E-state index in [0.29, 0.717) is 21.8 Å². The number of hydrogen-bond donors (Lipinski definition) is 3. The standard InChI is InChI=1S/C27H22ClF2N5O2/c28-20-4-5-24(31)21(11-20)25(32)14-34-27(37)18-8-16(12-33-13-18)7-17-9-23(30)19(10-22(17)29)15-35-6-2-1-3-26(35)36/h1-6,8-13,32H,7,14-15,31H2,(H,34,37). The molecule has 4 rings (SSSR count). The summed E-state index contributed by atoms with van der Waals surface area (Å²) in [6.07, 6.45) is 4.30. The fourth-order valence-corrected chi connectivity index (χ4v) is 3.92. The Hall–Kier alpha value is -4.37. The quantitative estimate of drug-likeness (QED) is 0.238. The molecule has 1 amide bonds. The van der Waals surface area contributed by atoms with Crippen LogP contribution in [0.4, 0.5) is 14.5 Å². The number of pyridine rings is 2. The Morgan fingerprint density at radius 1 is 1.05 bits per heavy atom. The third kappa shape index (κ3) is 6.25. The monoisotopic (exact) mass is 521 g/mol. The number of carbonyl (C=O) groups is 1. The van der Waals surface area contributed by atoms with Crippen molar-refractivity contribution in [3.63, 3.8) is 0 Å². The highest BCUT2D eigenvalue weighted by molar-refractivity contribution is 6.31. The van der Waals surface area contributed by atoms with Crippen LogP contribution < -0.4 is 16.6 Å². The van der Waals surface area contributed by atoms with Crippen molar-refractivity contribution < 1.29 is 13.6 Å². The molecule has 4 aromatic rings. The van der Waals surface area contributed by atoms with E-state index in [1.54, 1.807) is 30.3 Å². The van der Waals surface area contributed by atoms with Crippen LogP contribution in [0.3, 0.4) is 0 Å². The van der Waals surface area contributed by atoms with Crippen LogP contribution in [0.5, 0.6) is 0 Å². The van der Waals surface area contributed by atoms with Gasteiger partial charge in [-0.1, -0.05) is 17.7 Å². The summed E-state index contributed by atoms with van der Waals surface area (Å²) in [4.78, 5) is 28.6. The fraction of sp³-hybridized carbons (Fsp3) is 0.111. The number of nitrogens with one attached hydrogen (secondary N) is 2. The predicted octanol–water partition coefficient (Wildman–Crippen LogP) is 4.19. The molecular weight excluding hydrogens is 500 g/mol. The van der Waals surface area contributed by atoms with E-state index in [1.165, 1.54) is 35.3 Å². The zero-order valence-corrected chi connectivity index (χ0v) is 20.2. The molecule has 2 heterocycles. The second kappa shape index (κ2) is 11.1. The van der Waals surface area contributed by atoms with E-state index >= 15 is 0 Å². The molecule has 10 heteroatoms. The first-order valence-corrected chi connectivity index (χ1v) is 11.6. The molecule has 0 saturated carbocycles. The van der Waals surface area contributed by atoms with Gasteiger partial charge in [0, 0.05) is 52.9 Å². The lowest BCUT2D eigenvalue weighted by atomic mass is 10.0. The van der Waals surface area contributed by atoms with Crippen molar-refractivity contribution in [2.24, 2.45) is 0 Å². The predicted molar refractivity (Wildman–Crippen MR) is 138 cm³/mol. The number of nitrogens with two attached hydrogens (primary N) is 1. The van der Waals surface area contributed by atoms with E-state index in [4.69, 9.17) is 22.7 Å². The zero-order valence-electron chi connectivity index (χ0n) is 19.5. The highest BCUT2D eigenvalue weighted by atomic mass is 35.5. The molecule has 0 unspecified atom stereocenters. The van der Waals surface area contributed by atoms with Gasteiger partial charge in [0.1, 0.15) is 11.6 Å². The van der Waals surface area contributed by atoms with Crippen LogP contribution in [0.2, 0.25) is 5.02 Å². The van der Waals surface area contributed by atoms with Crippen LogP contribution in [0.25, 0.3) is 0 Å². The first-order valence-electron chi connectivity index (χ1n) is 11.2. The highest BCUT2D eigenvalue weighted by Gasteiger charge is 2.14. The van der Waals surface area contributed by atoms with Gasteiger partial charge < -0.3 is 21.0 Å². The van der Waals surface area contributed by atoms with Gasteiger partial charge in [-0.3, -0.25) is 14.6 Å². The summed E-state index contributed by atoms with van der Waals surface area (Å²) in [5.74, 6) is -1.77. The molecule has 0 bridgehead atoms. The minimum atomic E-state index is -0.646. The van der Waals surface area contributed by atoms with E-state index in [9.17, 15) is 18.4 Å². The van der Waals surface area contributed by atoms with Gasteiger partial charge in [-0.25, -0.2) is 8.78 Å². The largest absolute Gasteiger partial charge is 0.398 e. The van der Waals surface area contributed by atoms with E-state index in [0.717, 1.165) is 12.1 Å². The summed E-state index contributed by atoms with van der Waals surface area (Å²) in [6, 6.07) is 13.0. The molecule has 2 aromatic heterocycles. The Morgan fingerprint density at radius 3 is 2.59 bits per heavy atom. The number of carbonyl (C=O) groups excluding carboxylic acids is 1. The average molecular weight is 522 g/mol. The van der Waals surface area contributed by atoms with Crippen LogP contribution in [0.15, 0.2) is 78.0 Å². The number of nitrogen functional groups attached to an aromatic ring is 1. The van der Waals surface area contributed by atoms with Crippen molar-refractivity contribution in [3.05, 3.63) is 128 Å². The Balaban J connectivity index is 1.45. The first kappa shape index (κ1) is 25.7. The lowest BCUT2D eigenvalue weighted by molar-refractivity contribution is 0.0959. The molecule has 188 valence electrons. The summed E-state index contributed by atoms with van der Waals surface area (Å²) in [5, 5.41) is 11.2. The maximum absolute atomic E-state index is 14.8. The zero-order chi connectivity index (χ0) is 26.5. The van der Waals surface area contributed by atoms with E-state index in [-0.39, 0.29) is 47.5 Å². The first-order chi connectivity index (χ1) is 17.7. The van der Waals surface area contributed by atoms with Crippen LogP contribution in [-0.4, -0.2) is 27.7 Å². The van der Waals surface area contributed by atoms with Crippen molar-refractivity contribution in [2.75, 3.05) is 12.3 Å². The third-order valence-corrected chi connectivity index (χ3v) is 5.91. The molecule has 37 heavy (non-hydrogen) atoms. The Morgan fingerprint density at radius 2 is 1.81 bits per heavy atom. The number of benzene rings is 2. The summed E-state index contributed by atoms with van der Waals surface area (Å²) < 4.78 is 30.8. The van der Waals surface area contributed by atoms with E-state index in [2.05, 4.69) is 10.3 Å². The second-order valence-corrected chi connectivity index (χ2v) is 8.79. The molecule has 0 aliphatic rings. The number of anilines is 1. The lowest BCUT2D eigenvalue weighted by Crippen LogP contribution is -2.30. The minimum Gasteiger partial charge on any atom is -0.398 e. The number of aromatic nitrogens is 2. The molecule has 0 aliphatic carbocycles. The molecular formula is C27H22ClF2N5O2. The molecule has 0 spiro atoms. The maximum atomic E-state index is 14.8. The van der Waals surface area contributed by atoms with Gasteiger partial charge in [0.2, 0.25) is 0 Å². The minimum absolute atomic E-state index is 0.00267. The molecule has 0 atom stereocenters.